The van der Waals surface area contributed by atoms with Crippen LogP contribution in [0, 0.1) is 5.92 Å². The van der Waals surface area contributed by atoms with Crippen LogP contribution in [0.3, 0.4) is 0 Å². The van der Waals surface area contributed by atoms with Crippen LogP contribution in [0.1, 0.15) is 41.2 Å². The number of halogens is 1. The van der Waals surface area contributed by atoms with E-state index < -0.39 is 6.04 Å². The van der Waals surface area contributed by atoms with Crippen LogP contribution in [-0.4, -0.2) is 53.7 Å². The maximum atomic E-state index is 13.0. The van der Waals surface area contributed by atoms with Crippen molar-refractivity contribution >= 4 is 29.3 Å². The number of carbonyl (C=O) groups excluding carboxylic acids is 3. The molecule has 1 N–H and O–H groups in total. The lowest BCUT2D eigenvalue weighted by molar-refractivity contribution is -0.140. The molecule has 4 rings (SSSR count). The lowest BCUT2D eigenvalue weighted by Crippen LogP contribution is -2.51. The fourth-order valence-corrected chi connectivity index (χ4v) is 4.11. The van der Waals surface area contributed by atoms with Crippen LogP contribution in [0.5, 0.6) is 0 Å². The van der Waals surface area contributed by atoms with Gasteiger partial charge in [0.05, 0.1) is 23.0 Å². The molecule has 0 radical (unpaired) electrons. The number of hydrogen-bond donors (Lipinski definition) is 1. The van der Waals surface area contributed by atoms with Gasteiger partial charge in [0.15, 0.2) is 0 Å². The van der Waals surface area contributed by atoms with Gasteiger partial charge in [-0.05, 0) is 30.5 Å². The Bertz CT molecular complexity index is 954. The molecule has 0 bridgehead atoms. The van der Waals surface area contributed by atoms with Gasteiger partial charge in [0.2, 0.25) is 11.8 Å². The predicted molar refractivity (Wildman–Crippen MR) is 119 cm³/mol. The Balaban J connectivity index is 1.41. The molecule has 0 spiro atoms. The molecule has 1 unspecified atom stereocenters. The molecule has 0 aromatic heterocycles. The van der Waals surface area contributed by atoms with Gasteiger partial charge in [0, 0.05) is 32.1 Å². The monoisotopic (exact) mass is 439 g/mol. The van der Waals surface area contributed by atoms with Gasteiger partial charge in [-0.1, -0.05) is 54.1 Å². The number of nitrogens with zero attached hydrogens (tertiary/aromatic N) is 2. The van der Waals surface area contributed by atoms with Crippen molar-refractivity contribution in [3.05, 3.63) is 70.7 Å². The van der Waals surface area contributed by atoms with Gasteiger partial charge in [-0.15, -0.1) is 0 Å². The van der Waals surface area contributed by atoms with Crippen LogP contribution in [0.25, 0.3) is 0 Å². The minimum absolute atomic E-state index is 0.0353. The molecular weight excluding hydrogens is 414 g/mol. The molecule has 3 amide bonds. The summed E-state index contributed by atoms with van der Waals surface area (Å²) in [6.07, 6.45) is 2.13. The Morgan fingerprint density at radius 3 is 2.16 bits per heavy atom. The Morgan fingerprint density at radius 2 is 1.52 bits per heavy atom. The van der Waals surface area contributed by atoms with Crippen molar-refractivity contribution in [3.8, 4) is 0 Å². The minimum Gasteiger partial charge on any atom is -0.345 e. The van der Waals surface area contributed by atoms with Crippen molar-refractivity contribution in [2.75, 3.05) is 26.2 Å². The third-order valence-electron chi connectivity index (χ3n) is 5.88. The molecule has 1 saturated carbocycles. The number of nitrogens with one attached hydrogen (secondary N) is 1. The van der Waals surface area contributed by atoms with Gasteiger partial charge in [-0.2, -0.15) is 0 Å². The van der Waals surface area contributed by atoms with Crippen LogP contribution < -0.4 is 5.32 Å². The normalized spacial score (nSPS) is 17.2. The molecule has 1 atom stereocenters. The van der Waals surface area contributed by atoms with Gasteiger partial charge >= 0.3 is 0 Å². The highest BCUT2D eigenvalue weighted by Gasteiger charge is 2.35. The van der Waals surface area contributed by atoms with Crippen molar-refractivity contribution in [1.82, 2.24) is 15.1 Å². The quantitative estimate of drug-likeness (QED) is 0.750. The molecule has 2 fully saturated rings. The van der Waals surface area contributed by atoms with Crippen LogP contribution >= 0.6 is 11.6 Å². The second kappa shape index (κ2) is 9.52. The number of carbonyl (C=O) groups is 3. The average molecular weight is 440 g/mol. The van der Waals surface area contributed by atoms with Crippen molar-refractivity contribution < 1.29 is 14.4 Å². The number of amides is 3. The zero-order chi connectivity index (χ0) is 21.8. The van der Waals surface area contributed by atoms with E-state index in [0.29, 0.717) is 36.8 Å². The summed E-state index contributed by atoms with van der Waals surface area (Å²) in [7, 11) is 0. The van der Waals surface area contributed by atoms with Gasteiger partial charge < -0.3 is 15.1 Å². The first kappa shape index (κ1) is 21.4. The van der Waals surface area contributed by atoms with Crippen LogP contribution in [0.2, 0.25) is 5.02 Å². The molecule has 1 aliphatic heterocycles. The second-order valence-corrected chi connectivity index (χ2v) is 8.51. The molecular formula is C24H26ClN3O3. The summed E-state index contributed by atoms with van der Waals surface area (Å²) in [5.74, 6) is 0.0740. The van der Waals surface area contributed by atoms with E-state index in [2.05, 4.69) is 5.32 Å². The number of rotatable bonds is 6. The van der Waals surface area contributed by atoms with E-state index in [1.54, 1.807) is 29.2 Å². The molecule has 2 aromatic carbocycles. The SMILES string of the molecule is O=C(NC(CC(=O)N1CCN(C(=O)C2CC2)CC1)c1ccccc1)c1ccccc1Cl. The summed E-state index contributed by atoms with van der Waals surface area (Å²) in [5.41, 5.74) is 1.24. The summed E-state index contributed by atoms with van der Waals surface area (Å²) in [6, 6.07) is 15.9. The smallest absolute Gasteiger partial charge is 0.253 e. The topological polar surface area (TPSA) is 69.7 Å². The number of benzene rings is 2. The zero-order valence-electron chi connectivity index (χ0n) is 17.3. The molecule has 1 saturated heterocycles. The van der Waals surface area contributed by atoms with E-state index >= 15 is 0 Å². The molecule has 2 aliphatic rings. The van der Waals surface area contributed by atoms with E-state index in [9.17, 15) is 14.4 Å². The van der Waals surface area contributed by atoms with Crippen LogP contribution in [0.4, 0.5) is 0 Å². The Morgan fingerprint density at radius 1 is 0.903 bits per heavy atom. The number of hydrogen-bond acceptors (Lipinski definition) is 3. The first-order chi connectivity index (χ1) is 15.0. The lowest BCUT2D eigenvalue weighted by Gasteiger charge is -2.35. The van der Waals surface area contributed by atoms with E-state index in [1.165, 1.54) is 0 Å². The molecule has 1 aliphatic carbocycles. The summed E-state index contributed by atoms with van der Waals surface area (Å²) in [6.45, 7) is 2.20. The maximum Gasteiger partial charge on any atom is 0.253 e. The van der Waals surface area contributed by atoms with E-state index in [4.69, 9.17) is 11.6 Å². The van der Waals surface area contributed by atoms with Crippen LogP contribution in [-0.2, 0) is 9.59 Å². The Labute approximate surface area is 187 Å². The molecule has 2 aromatic rings. The van der Waals surface area contributed by atoms with Crippen molar-refractivity contribution in [3.63, 3.8) is 0 Å². The first-order valence-electron chi connectivity index (χ1n) is 10.7. The fraction of sp³-hybridized carbons (Fsp3) is 0.375. The lowest BCUT2D eigenvalue weighted by atomic mass is 10.0. The van der Waals surface area contributed by atoms with Gasteiger partial charge in [0.1, 0.15) is 0 Å². The highest BCUT2D eigenvalue weighted by Crippen LogP contribution is 2.31. The summed E-state index contributed by atoms with van der Waals surface area (Å²) < 4.78 is 0. The van der Waals surface area contributed by atoms with Crippen molar-refractivity contribution in [1.29, 1.82) is 0 Å². The first-order valence-corrected chi connectivity index (χ1v) is 11.1. The molecule has 162 valence electrons. The predicted octanol–water partition coefficient (Wildman–Crippen LogP) is 3.28. The van der Waals surface area contributed by atoms with Crippen LogP contribution in [0.15, 0.2) is 54.6 Å². The van der Waals surface area contributed by atoms with E-state index in [1.807, 2.05) is 35.2 Å². The third-order valence-corrected chi connectivity index (χ3v) is 6.20. The summed E-state index contributed by atoms with van der Waals surface area (Å²) in [5, 5.41) is 3.35. The van der Waals surface area contributed by atoms with Gasteiger partial charge in [-0.25, -0.2) is 0 Å². The minimum atomic E-state index is -0.469. The summed E-state index contributed by atoms with van der Waals surface area (Å²) in [4.78, 5) is 41.8. The zero-order valence-corrected chi connectivity index (χ0v) is 18.1. The molecule has 1 heterocycles. The van der Waals surface area contributed by atoms with E-state index in [0.717, 1.165) is 18.4 Å². The molecule has 7 heteroatoms. The summed E-state index contributed by atoms with van der Waals surface area (Å²) >= 11 is 6.17. The highest BCUT2D eigenvalue weighted by molar-refractivity contribution is 6.33. The van der Waals surface area contributed by atoms with E-state index in [-0.39, 0.29) is 30.1 Å². The van der Waals surface area contributed by atoms with Gasteiger partial charge in [0.25, 0.3) is 5.91 Å². The molecule has 31 heavy (non-hydrogen) atoms. The Hall–Kier alpha value is -2.86. The Kier molecular flexibility index (Phi) is 6.56. The highest BCUT2D eigenvalue weighted by atomic mass is 35.5. The molecule has 6 nitrogen and oxygen atoms in total. The average Bonchev–Trinajstić information content (AvgIpc) is 3.64. The number of piperazine rings is 1. The second-order valence-electron chi connectivity index (χ2n) is 8.10. The standard InChI is InChI=1S/C24H26ClN3O3/c25-20-9-5-4-8-19(20)23(30)26-21(17-6-2-1-3-7-17)16-22(29)27-12-14-28(15-13-27)24(31)18-10-11-18/h1-9,18,21H,10-16H2,(H,26,30). The maximum absolute atomic E-state index is 13.0. The fourth-order valence-electron chi connectivity index (χ4n) is 3.89. The van der Waals surface area contributed by atoms with Crippen molar-refractivity contribution in [2.24, 2.45) is 5.92 Å². The van der Waals surface area contributed by atoms with Crippen molar-refractivity contribution in [2.45, 2.75) is 25.3 Å². The third kappa shape index (κ3) is 5.25. The largest absolute Gasteiger partial charge is 0.345 e. The van der Waals surface area contributed by atoms with Gasteiger partial charge in [-0.3, -0.25) is 14.4 Å².